The molecule has 3 aromatic rings. The van der Waals surface area contributed by atoms with Crippen molar-refractivity contribution in [3.63, 3.8) is 0 Å². The van der Waals surface area contributed by atoms with Gasteiger partial charge in [-0.25, -0.2) is 13.8 Å². The minimum absolute atomic E-state index is 0.128. The number of fused-ring (bicyclic) bond motifs is 1. The van der Waals surface area contributed by atoms with E-state index in [0.717, 1.165) is 23.1 Å². The number of pyridine rings is 1. The number of nitrogens with zero attached hydrogens (tertiary/aromatic N) is 1. The maximum Gasteiger partial charge on any atom is 0.165 e. The molecular weight excluding hydrogens is 338 g/mol. The zero-order valence-electron chi connectivity index (χ0n) is 12.9. The lowest BCUT2D eigenvalue weighted by Gasteiger charge is -2.09. The first-order valence-electron chi connectivity index (χ1n) is 7.29. The van der Waals surface area contributed by atoms with E-state index in [4.69, 9.17) is 21.1 Å². The Morgan fingerprint density at radius 2 is 1.96 bits per heavy atom. The van der Waals surface area contributed by atoms with Crippen molar-refractivity contribution < 1.29 is 18.3 Å². The zero-order valence-corrected chi connectivity index (χ0v) is 13.7. The Balaban J connectivity index is 1.86. The van der Waals surface area contributed by atoms with Gasteiger partial charge in [-0.2, -0.15) is 0 Å². The molecule has 0 radical (unpaired) electrons. The van der Waals surface area contributed by atoms with Gasteiger partial charge in [-0.1, -0.05) is 11.6 Å². The minimum Gasteiger partial charge on any atom is -0.488 e. The average molecular weight is 353 g/mol. The maximum atomic E-state index is 14.3. The standard InChI is InChI=1S/C17H15ClF2N2O2/c1-23-2-3-24-16-7-14(19)10(5-15(16)20)4-11-8-21-17-13(11)6-12(18)9-22-17/h5-9H,2-4H2,1H3,(H,21,22). The van der Waals surface area contributed by atoms with Gasteiger partial charge in [0.25, 0.3) is 0 Å². The molecule has 7 heteroatoms. The number of halogens is 3. The summed E-state index contributed by atoms with van der Waals surface area (Å²) in [6.45, 7) is 0.449. The van der Waals surface area contributed by atoms with Crippen LogP contribution in [0.4, 0.5) is 8.78 Å². The Morgan fingerprint density at radius 1 is 1.12 bits per heavy atom. The summed E-state index contributed by atoms with van der Waals surface area (Å²) in [4.78, 5) is 7.14. The molecule has 24 heavy (non-hydrogen) atoms. The smallest absolute Gasteiger partial charge is 0.165 e. The Morgan fingerprint density at radius 3 is 2.75 bits per heavy atom. The highest BCUT2D eigenvalue weighted by atomic mass is 35.5. The van der Waals surface area contributed by atoms with Crippen molar-refractivity contribution in [1.29, 1.82) is 0 Å². The number of hydrogen-bond acceptors (Lipinski definition) is 3. The number of ether oxygens (including phenoxy) is 2. The van der Waals surface area contributed by atoms with Crippen molar-refractivity contribution in [3.8, 4) is 5.75 Å². The molecule has 0 saturated carbocycles. The summed E-state index contributed by atoms with van der Waals surface area (Å²) in [6, 6.07) is 3.95. The average Bonchev–Trinajstić information content (AvgIpc) is 2.94. The molecule has 0 aliphatic rings. The first kappa shape index (κ1) is 16.7. The van der Waals surface area contributed by atoms with Gasteiger partial charge in [0.05, 0.1) is 11.6 Å². The topological polar surface area (TPSA) is 47.1 Å². The molecule has 4 nitrogen and oxygen atoms in total. The van der Waals surface area contributed by atoms with Crippen molar-refractivity contribution in [3.05, 3.63) is 58.4 Å². The van der Waals surface area contributed by atoms with E-state index in [1.54, 1.807) is 12.3 Å². The fourth-order valence-electron chi connectivity index (χ4n) is 2.43. The lowest BCUT2D eigenvalue weighted by molar-refractivity contribution is 0.143. The van der Waals surface area contributed by atoms with Gasteiger partial charge in [0, 0.05) is 37.4 Å². The molecular formula is C17H15ClF2N2O2. The predicted octanol–water partition coefficient (Wildman–Crippen LogP) is 4.11. The van der Waals surface area contributed by atoms with Crippen molar-refractivity contribution in [2.75, 3.05) is 20.3 Å². The number of rotatable bonds is 6. The molecule has 0 saturated heterocycles. The third-order valence-corrected chi connectivity index (χ3v) is 3.82. The maximum absolute atomic E-state index is 14.3. The van der Waals surface area contributed by atoms with E-state index in [1.165, 1.54) is 13.3 Å². The Kier molecular flexibility index (Phi) is 4.97. The fourth-order valence-corrected chi connectivity index (χ4v) is 2.59. The van der Waals surface area contributed by atoms with Crippen molar-refractivity contribution >= 4 is 22.6 Å². The number of aromatic nitrogens is 2. The van der Waals surface area contributed by atoms with E-state index >= 15 is 0 Å². The third kappa shape index (κ3) is 3.49. The zero-order chi connectivity index (χ0) is 17.1. The van der Waals surface area contributed by atoms with Crippen LogP contribution in [0.5, 0.6) is 5.75 Å². The monoisotopic (exact) mass is 352 g/mol. The van der Waals surface area contributed by atoms with Crippen LogP contribution in [0.3, 0.4) is 0 Å². The molecule has 0 fully saturated rings. The lowest BCUT2D eigenvalue weighted by atomic mass is 10.0. The van der Waals surface area contributed by atoms with Crippen molar-refractivity contribution in [2.45, 2.75) is 6.42 Å². The van der Waals surface area contributed by atoms with Crippen LogP contribution in [0.1, 0.15) is 11.1 Å². The number of nitrogens with one attached hydrogen (secondary N) is 1. The molecule has 1 aromatic carbocycles. The molecule has 2 heterocycles. The molecule has 0 atom stereocenters. The van der Waals surface area contributed by atoms with Crippen LogP contribution in [0.2, 0.25) is 5.02 Å². The number of methoxy groups -OCH3 is 1. The quantitative estimate of drug-likeness (QED) is 0.679. The number of H-pyrrole nitrogens is 1. The second-order valence-electron chi connectivity index (χ2n) is 5.26. The third-order valence-electron chi connectivity index (χ3n) is 3.61. The van der Waals surface area contributed by atoms with Crippen LogP contribution < -0.4 is 4.74 Å². The summed E-state index contributed by atoms with van der Waals surface area (Å²) in [5, 5.41) is 1.26. The largest absolute Gasteiger partial charge is 0.488 e. The van der Waals surface area contributed by atoms with Gasteiger partial charge >= 0.3 is 0 Å². The second-order valence-corrected chi connectivity index (χ2v) is 5.69. The van der Waals surface area contributed by atoms with Gasteiger partial charge in [0.2, 0.25) is 0 Å². The van der Waals surface area contributed by atoms with E-state index in [9.17, 15) is 8.78 Å². The van der Waals surface area contributed by atoms with E-state index in [-0.39, 0.29) is 24.3 Å². The van der Waals surface area contributed by atoms with Crippen LogP contribution in [0.15, 0.2) is 30.6 Å². The predicted molar refractivity (Wildman–Crippen MR) is 87.6 cm³/mol. The number of benzene rings is 1. The lowest BCUT2D eigenvalue weighted by Crippen LogP contribution is -2.06. The summed E-state index contributed by atoms with van der Waals surface area (Å²) in [5.74, 6) is -1.27. The van der Waals surface area contributed by atoms with Crippen LogP contribution in [-0.4, -0.2) is 30.3 Å². The summed E-state index contributed by atoms with van der Waals surface area (Å²) < 4.78 is 38.3. The van der Waals surface area contributed by atoms with Crippen molar-refractivity contribution in [1.82, 2.24) is 9.97 Å². The normalized spacial score (nSPS) is 11.2. The van der Waals surface area contributed by atoms with Gasteiger partial charge in [-0.3, -0.25) is 0 Å². The molecule has 0 bridgehead atoms. The van der Waals surface area contributed by atoms with Gasteiger partial charge in [0.1, 0.15) is 18.1 Å². The molecule has 3 rings (SSSR count). The highest BCUT2D eigenvalue weighted by Gasteiger charge is 2.14. The van der Waals surface area contributed by atoms with Crippen LogP contribution >= 0.6 is 11.6 Å². The molecule has 126 valence electrons. The van der Waals surface area contributed by atoms with Gasteiger partial charge in [-0.15, -0.1) is 0 Å². The van der Waals surface area contributed by atoms with Gasteiger partial charge in [-0.05, 0) is 23.3 Å². The number of hydrogen-bond donors (Lipinski definition) is 1. The fraction of sp³-hybridized carbons (Fsp3) is 0.235. The Hall–Kier alpha value is -2.18. The number of aromatic amines is 1. The summed E-state index contributed by atoms with van der Waals surface area (Å²) in [5.41, 5.74) is 1.66. The Bertz CT molecular complexity index is 867. The van der Waals surface area contributed by atoms with Crippen LogP contribution in [-0.2, 0) is 11.2 Å². The molecule has 2 aromatic heterocycles. The summed E-state index contributed by atoms with van der Waals surface area (Å²) in [7, 11) is 1.51. The second kappa shape index (κ2) is 7.15. The molecule has 0 aliphatic heterocycles. The van der Waals surface area contributed by atoms with E-state index in [0.29, 0.717) is 17.3 Å². The molecule has 0 unspecified atom stereocenters. The summed E-state index contributed by atoms with van der Waals surface area (Å²) in [6.07, 6.45) is 3.45. The highest BCUT2D eigenvalue weighted by Crippen LogP contribution is 2.27. The SMILES string of the molecule is COCCOc1cc(F)c(Cc2c[nH]c3ncc(Cl)cc23)cc1F. The highest BCUT2D eigenvalue weighted by molar-refractivity contribution is 6.31. The minimum atomic E-state index is -0.612. The molecule has 0 amide bonds. The first-order chi connectivity index (χ1) is 11.6. The molecule has 0 spiro atoms. The van der Waals surface area contributed by atoms with E-state index < -0.39 is 11.6 Å². The van der Waals surface area contributed by atoms with Crippen LogP contribution in [0.25, 0.3) is 11.0 Å². The van der Waals surface area contributed by atoms with Crippen molar-refractivity contribution in [2.24, 2.45) is 0 Å². The first-order valence-corrected chi connectivity index (χ1v) is 7.67. The molecule has 0 aliphatic carbocycles. The van der Waals surface area contributed by atoms with Crippen LogP contribution in [0, 0.1) is 11.6 Å². The van der Waals surface area contributed by atoms with Gasteiger partial charge < -0.3 is 14.5 Å². The van der Waals surface area contributed by atoms with E-state index in [2.05, 4.69) is 9.97 Å². The molecule has 1 N–H and O–H groups in total. The van der Waals surface area contributed by atoms with E-state index in [1.807, 2.05) is 0 Å². The Labute approximate surface area is 142 Å². The van der Waals surface area contributed by atoms with Gasteiger partial charge in [0.15, 0.2) is 11.6 Å². The summed E-state index contributed by atoms with van der Waals surface area (Å²) >= 11 is 5.95.